The van der Waals surface area contributed by atoms with Crippen LogP contribution < -0.4 is 5.32 Å². The van der Waals surface area contributed by atoms with Crippen LogP contribution in [0.5, 0.6) is 0 Å². The summed E-state index contributed by atoms with van der Waals surface area (Å²) in [7, 11) is 0. The van der Waals surface area contributed by atoms with Crippen molar-refractivity contribution in [2.75, 3.05) is 19.6 Å². The molecule has 3 rings (SSSR count). The lowest BCUT2D eigenvalue weighted by Crippen LogP contribution is -2.52. The molecule has 0 saturated carbocycles. The molecule has 2 aliphatic heterocycles. The normalized spacial score (nSPS) is 21.9. The minimum atomic E-state index is -0.121. The Balaban J connectivity index is 1.68. The van der Waals surface area contributed by atoms with Gasteiger partial charge in [0.2, 0.25) is 11.8 Å². The van der Waals surface area contributed by atoms with Crippen LogP contribution in [0.15, 0.2) is 24.3 Å². The summed E-state index contributed by atoms with van der Waals surface area (Å²) >= 11 is 0. The molecular formula is C17H21N3O3. The number of amides is 3. The molecule has 1 atom stereocenters. The molecule has 2 fully saturated rings. The molecule has 0 radical (unpaired) electrons. The van der Waals surface area contributed by atoms with Gasteiger partial charge in [-0.05, 0) is 24.6 Å². The fourth-order valence-corrected chi connectivity index (χ4v) is 3.04. The minimum absolute atomic E-state index is 0.0267. The summed E-state index contributed by atoms with van der Waals surface area (Å²) in [4.78, 5) is 39.0. The summed E-state index contributed by atoms with van der Waals surface area (Å²) < 4.78 is 0. The van der Waals surface area contributed by atoms with Crippen LogP contribution in [0, 0.1) is 0 Å². The number of rotatable bonds is 3. The molecule has 6 nitrogen and oxygen atoms in total. The SMILES string of the molecule is CC1CNCCN1C(=O)c1ccc(CN2C(=O)CCC2=O)cc1. The van der Waals surface area contributed by atoms with Crippen molar-refractivity contribution >= 4 is 17.7 Å². The number of carbonyl (C=O) groups is 3. The Hall–Kier alpha value is -2.21. The Morgan fingerprint density at radius 2 is 1.83 bits per heavy atom. The number of hydrogen-bond acceptors (Lipinski definition) is 4. The number of hydrogen-bond donors (Lipinski definition) is 1. The van der Waals surface area contributed by atoms with E-state index in [1.165, 1.54) is 4.90 Å². The molecule has 6 heteroatoms. The van der Waals surface area contributed by atoms with Crippen LogP contribution in [0.3, 0.4) is 0 Å². The molecule has 0 aromatic heterocycles. The largest absolute Gasteiger partial charge is 0.333 e. The number of nitrogens with one attached hydrogen (secondary N) is 1. The average Bonchev–Trinajstić information content (AvgIpc) is 2.87. The number of imide groups is 1. The molecule has 2 saturated heterocycles. The van der Waals surface area contributed by atoms with Gasteiger partial charge in [0.25, 0.3) is 5.91 Å². The summed E-state index contributed by atoms with van der Waals surface area (Å²) in [5.41, 5.74) is 1.50. The van der Waals surface area contributed by atoms with E-state index in [1.54, 1.807) is 12.1 Å². The molecule has 1 unspecified atom stereocenters. The second-order valence-corrected chi connectivity index (χ2v) is 6.12. The second-order valence-electron chi connectivity index (χ2n) is 6.12. The maximum Gasteiger partial charge on any atom is 0.254 e. The van der Waals surface area contributed by atoms with Crippen LogP contribution in [0.1, 0.15) is 35.7 Å². The third kappa shape index (κ3) is 3.27. The second kappa shape index (κ2) is 6.50. The first-order valence-electron chi connectivity index (χ1n) is 8.00. The van der Waals surface area contributed by atoms with Gasteiger partial charge in [0.05, 0.1) is 6.54 Å². The summed E-state index contributed by atoms with van der Waals surface area (Å²) in [6.07, 6.45) is 0.604. The van der Waals surface area contributed by atoms with Gasteiger partial charge in [-0.1, -0.05) is 12.1 Å². The van der Waals surface area contributed by atoms with E-state index in [2.05, 4.69) is 5.32 Å². The minimum Gasteiger partial charge on any atom is -0.333 e. The molecule has 1 aromatic carbocycles. The molecule has 23 heavy (non-hydrogen) atoms. The fraction of sp³-hybridized carbons (Fsp3) is 0.471. The Bertz CT molecular complexity index is 610. The number of benzene rings is 1. The van der Waals surface area contributed by atoms with Crippen LogP contribution in [0.4, 0.5) is 0 Å². The Morgan fingerprint density at radius 1 is 1.17 bits per heavy atom. The highest BCUT2D eigenvalue weighted by Crippen LogP contribution is 2.17. The van der Waals surface area contributed by atoms with E-state index in [0.717, 1.165) is 18.7 Å². The van der Waals surface area contributed by atoms with Crippen molar-refractivity contribution in [2.45, 2.75) is 32.4 Å². The lowest BCUT2D eigenvalue weighted by Gasteiger charge is -2.34. The quantitative estimate of drug-likeness (QED) is 0.837. The maximum atomic E-state index is 12.5. The van der Waals surface area contributed by atoms with E-state index in [-0.39, 0.29) is 30.3 Å². The van der Waals surface area contributed by atoms with E-state index in [0.29, 0.717) is 24.9 Å². The van der Waals surface area contributed by atoms with Gasteiger partial charge in [-0.25, -0.2) is 0 Å². The monoisotopic (exact) mass is 315 g/mol. The number of piperazine rings is 1. The van der Waals surface area contributed by atoms with Gasteiger partial charge in [-0.3, -0.25) is 19.3 Å². The number of nitrogens with zero attached hydrogens (tertiary/aromatic N) is 2. The highest BCUT2D eigenvalue weighted by molar-refractivity contribution is 6.01. The molecule has 1 aromatic rings. The van der Waals surface area contributed by atoms with Crippen LogP contribution in [-0.4, -0.2) is 53.2 Å². The summed E-state index contributed by atoms with van der Waals surface area (Å²) in [6, 6.07) is 7.36. The number of carbonyl (C=O) groups excluding carboxylic acids is 3. The van der Waals surface area contributed by atoms with Gasteiger partial charge in [0, 0.05) is 44.1 Å². The third-order valence-electron chi connectivity index (χ3n) is 4.46. The van der Waals surface area contributed by atoms with Crippen molar-refractivity contribution in [1.29, 1.82) is 0 Å². The average molecular weight is 315 g/mol. The molecule has 2 heterocycles. The van der Waals surface area contributed by atoms with E-state index in [9.17, 15) is 14.4 Å². The van der Waals surface area contributed by atoms with Crippen molar-refractivity contribution in [3.8, 4) is 0 Å². The molecule has 0 spiro atoms. The lowest BCUT2D eigenvalue weighted by atomic mass is 10.1. The zero-order valence-electron chi connectivity index (χ0n) is 13.2. The molecule has 3 amide bonds. The summed E-state index contributed by atoms with van der Waals surface area (Å²) in [5, 5.41) is 3.27. The zero-order valence-corrected chi connectivity index (χ0v) is 13.2. The highest BCUT2D eigenvalue weighted by Gasteiger charge is 2.29. The Labute approximate surface area is 135 Å². The van der Waals surface area contributed by atoms with E-state index < -0.39 is 0 Å². The first-order chi connectivity index (χ1) is 11.1. The maximum absolute atomic E-state index is 12.5. The molecule has 0 aliphatic carbocycles. The van der Waals surface area contributed by atoms with Crippen molar-refractivity contribution in [3.05, 3.63) is 35.4 Å². The molecular weight excluding hydrogens is 294 g/mol. The van der Waals surface area contributed by atoms with Crippen LogP contribution in [-0.2, 0) is 16.1 Å². The van der Waals surface area contributed by atoms with Crippen molar-refractivity contribution in [2.24, 2.45) is 0 Å². The van der Waals surface area contributed by atoms with E-state index in [4.69, 9.17) is 0 Å². The van der Waals surface area contributed by atoms with Crippen molar-refractivity contribution < 1.29 is 14.4 Å². The van der Waals surface area contributed by atoms with Crippen LogP contribution in [0.2, 0.25) is 0 Å². The summed E-state index contributed by atoms with van der Waals surface area (Å²) in [5.74, 6) is -0.214. The summed E-state index contributed by atoms with van der Waals surface area (Å²) in [6.45, 7) is 4.65. The highest BCUT2D eigenvalue weighted by atomic mass is 16.2. The smallest absolute Gasteiger partial charge is 0.254 e. The van der Waals surface area contributed by atoms with Crippen molar-refractivity contribution in [3.63, 3.8) is 0 Å². The van der Waals surface area contributed by atoms with Gasteiger partial charge in [0.15, 0.2) is 0 Å². The number of likely N-dealkylation sites (tertiary alicyclic amines) is 1. The Morgan fingerprint density at radius 3 is 2.43 bits per heavy atom. The van der Waals surface area contributed by atoms with Gasteiger partial charge in [0.1, 0.15) is 0 Å². The predicted molar refractivity (Wildman–Crippen MR) is 84.6 cm³/mol. The predicted octanol–water partition coefficient (Wildman–Crippen LogP) is 0.769. The molecule has 1 N–H and O–H groups in total. The van der Waals surface area contributed by atoms with Crippen LogP contribution >= 0.6 is 0 Å². The standard InChI is InChI=1S/C17H21N3O3/c1-12-10-18-8-9-19(12)17(23)14-4-2-13(3-5-14)11-20-15(21)6-7-16(20)22/h2-5,12,18H,6-11H2,1H3. The molecule has 0 bridgehead atoms. The van der Waals surface area contributed by atoms with Crippen LogP contribution in [0.25, 0.3) is 0 Å². The van der Waals surface area contributed by atoms with Gasteiger partial charge >= 0.3 is 0 Å². The lowest BCUT2D eigenvalue weighted by molar-refractivity contribution is -0.139. The van der Waals surface area contributed by atoms with Gasteiger partial charge in [-0.2, -0.15) is 0 Å². The van der Waals surface area contributed by atoms with E-state index >= 15 is 0 Å². The van der Waals surface area contributed by atoms with Gasteiger partial charge < -0.3 is 10.2 Å². The topological polar surface area (TPSA) is 69.7 Å². The third-order valence-corrected chi connectivity index (χ3v) is 4.46. The van der Waals surface area contributed by atoms with Crippen molar-refractivity contribution in [1.82, 2.24) is 15.1 Å². The van der Waals surface area contributed by atoms with Gasteiger partial charge in [-0.15, -0.1) is 0 Å². The Kier molecular flexibility index (Phi) is 4.43. The molecule has 122 valence electrons. The van der Waals surface area contributed by atoms with E-state index in [1.807, 2.05) is 24.0 Å². The zero-order chi connectivity index (χ0) is 16.4. The fourth-order valence-electron chi connectivity index (χ4n) is 3.04. The molecule has 2 aliphatic rings. The first kappa shape index (κ1) is 15.7. The first-order valence-corrected chi connectivity index (χ1v) is 8.00.